The van der Waals surface area contributed by atoms with Gasteiger partial charge in [-0.3, -0.25) is 9.59 Å². The van der Waals surface area contributed by atoms with Crippen molar-refractivity contribution < 1.29 is 13.9 Å². The van der Waals surface area contributed by atoms with E-state index in [1.54, 1.807) is 6.07 Å². The number of aryl methyl sites for hydroxylation is 2. The summed E-state index contributed by atoms with van der Waals surface area (Å²) in [6.45, 7) is 3.84. The first-order chi connectivity index (χ1) is 16.9. The van der Waals surface area contributed by atoms with Crippen molar-refractivity contribution in [1.29, 1.82) is 0 Å². The number of H-pyrrole nitrogens is 1. The van der Waals surface area contributed by atoms with Gasteiger partial charge < -0.3 is 14.1 Å². The third-order valence-corrected chi connectivity index (χ3v) is 6.66. The lowest BCUT2D eigenvalue weighted by Crippen LogP contribution is -2.26. The quantitative estimate of drug-likeness (QED) is 0.216. The van der Waals surface area contributed by atoms with Gasteiger partial charge >= 0.3 is 11.6 Å². The average Bonchev–Trinajstić information content (AvgIpc) is 2.83. The second-order valence-electron chi connectivity index (χ2n) is 9.03. The van der Waals surface area contributed by atoms with E-state index >= 15 is 0 Å². The number of carbonyl (C=O) groups is 1. The van der Waals surface area contributed by atoms with Crippen LogP contribution in [-0.4, -0.2) is 11.0 Å². The number of esters is 1. The van der Waals surface area contributed by atoms with Crippen LogP contribution in [0.4, 0.5) is 0 Å². The van der Waals surface area contributed by atoms with Crippen molar-refractivity contribution in [1.82, 2.24) is 4.98 Å². The van der Waals surface area contributed by atoms with E-state index in [0.29, 0.717) is 27.8 Å². The predicted octanol–water partition coefficient (Wildman–Crippen LogP) is 5.36. The van der Waals surface area contributed by atoms with Gasteiger partial charge in [-0.1, -0.05) is 42.5 Å². The first-order valence-electron chi connectivity index (χ1n) is 11.4. The van der Waals surface area contributed by atoms with Crippen LogP contribution in [0, 0.1) is 13.8 Å². The zero-order valence-electron chi connectivity index (χ0n) is 19.2. The van der Waals surface area contributed by atoms with Crippen LogP contribution in [0.25, 0.3) is 33.0 Å². The molecule has 3 heterocycles. The predicted molar refractivity (Wildman–Crippen MR) is 134 cm³/mol. The highest BCUT2D eigenvalue weighted by Crippen LogP contribution is 2.46. The molecular weight excluding hydrogens is 442 g/mol. The Hall–Kier alpha value is -4.45. The highest BCUT2D eigenvalue weighted by atomic mass is 16.5. The lowest BCUT2D eigenvalue weighted by molar-refractivity contribution is -0.135. The van der Waals surface area contributed by atoms with Gasteiger partial charge in [-0.25, -0.2) is 4.79 Å². The van der Waals surface area contributed by atoms with Crippen molar-refractivity contribution in [3.05, 3.63) is 110 Å². The molecule has 1 aliphatic heterocycles. The maximum Gasteiger partial charge on any atom is 0.336 e. The van der Waals surface area contributed by atoms with Crippen LogP contribution in [0.5, 0.6) is 5.75 Å². The molecule has 2 aromatic heterocycles. The van der Waals surface area contributed by atoms with Gasteiger partial charge in [0.1, 0.15) is 11.3 Å². The molecule has 0 bridgehead atoms. The molecule has 5 aromatic rings. The number of hydrogen-bond donors (Lipinski definition) is 1. The molecule has 0 aliphatic carbocycles. The Kier molecular flexibility index (Phi) is 4.71. The maximum absolute atomic E-state index is 13.2. The number of aromatic amines is 1. The molecule has 1 aliphatic rings. The van der Waals surface area contributed by atoms with Gasteiger partial charge in [-0.05, 0) is 54.1 Å². The second-order valence-corrected chi connectivity index (χ2v) is 9.03. The standard InChI is InChI=1S/C29H21NO5/c1-15-8-9-18-12-21(29(33)30-22(18)10-15)20-14-25(32)35-28-26(20)16(2)11-23-27(28)19(13-24(31)34-23)17-6-4-3-5-7-17/h3-13,20H,14H2,1-2H3,(H,30,33)/t20-/m0/s1. The summed E-state index contributed by atoms with van der Waals surface area (Å²) in [6, 6.07) is 20.3. The van der Waals surface area contributed by atoms with Crippen molar-refractivity contribution in [3.8, 4) is 16.9 Å². The Morgan fingerprint density at radius 1 is 0.914 bits per heavy atom. The van der Waals surface area contributed by atoms with Crippen LogP contribution >= 0.6 is 0 Å². The van der Waals surface area contributed by atoms with Crippen LogP contribution in [0.3, 0.4) is 0 Å². The molecule has 6 heteroatoms. The Balaban J connectivity index is 1.67. The Bertz CT molecular complexity index is 1780. The molecule has 0 amide bonds. The average molecular weight is 463 g/mol. The molecule has 172 valence electrons. The van der Waals surface area contributed by atoms with Gasteiger partial charge in [0.15, 0.2) is 0 Å². The molecule has 0 saturated carbocycles. The normalized spacial score (nSPS) is 15.3. The number of nitrogens with one attached hydrogen (secondary N) is 1. The molecule has 0 fully saturated rings. The van der Waals surface area contributed by atoms with E-state index in [2.05, 4.69) is 4.98 Å². The lowest BCUT2D eigenvalue weighted by atomic mass is 9.82. The van der Waals surface area contributed by atoms with Crippen molar-refractivity contribution >= 4 is 27.8 Å². The van der Waals surface area contributed by atoms with Crippen LogP contribution in [-0.2, 0) is 4.79 Å². The molecule has 6 rings (SSSR count). The summed E-state index contributed by atoms with van der Waals surface area (Å²) < 4.78 is 11.3. The van der Waals surface area contributed by atoms with Gasteiger partial charge in [0.05, 0.1) is 11.8 Å². The minimum Gasteiger partial charge on any atom is -0.425 e. The molecule has 0 unspecified atom stereocenters. The monoisotopic (exact) mass is 463 g/mol. The van der Waals surface area contributed by atoms with Crippen molar-refractivity contribution in [3.63, 3.8) is 0 Å². The summed E-state index contributed by atoms with van der Waals surface area (Å²) in [6.07, 6.45) is 0.0389. The fourth-order valence-electron chi connectivity index (χ4n) is 5.10. The van der Waals surface area contributed by atoms with Crippen LogP contribution < -0.4 is 15.9 Å². The topological polar surface area (TPSA) is 89.4 Å². The molecule has 1 N–H and O–H groups in total. The van der Waals surface area contributed by atoms with E-state index < -0.39 is 17.5 Å². The summed E-state index contributed by atoms with van der Waals surface area (Å²) in [5, 5.41) is 1.43. The maximum atomic E-state index is 13.2. The summed E-state index contributed by atoms with van der Waals surface area (Å²) in [4.78, 5) is 41.4. The van der Waals surface area contributed by atoms with Crippen molar-refractivity contribution in [2.45, 2.75) is 26.2 Å². The van der Waals surface area contributed by atoms with Gasteiger partial charge in [0.2, 0.25) is 0 Å². The van der Waals surface area contributed by atoms with Gasteiger partial charge in [-0.2, -0.15) is 0 Å². The molecule has 1 atom stereocenters. The molecule has 6 nitrogen and oxygen atoms in total. The van der Waals surface area contributed by atoms with Crippen molar-refractivity contribution in [2.24, 2.45) is 0 Å². The lowest BCUT2D eigenvalue weighted by Gasteiger charge is -2.28. The fraction of sp³-hybridized carbons (Fsp3) is 0.138. The number of hydrogen-bond acceptors (Lipinski definition) is 5. The summed E-state index contributed by atoms with van der Waals surface area (Å²) in [5.74, 6) is -0.601. The van der Waals surface area contributed by atoms with E-state index in [9.17, 15) is 14.4 Å². The number of aromatic nitrogens is 1. The molecule has 0 saturated heterocycles. The number of benzene rings is 3. The first-order valence-corrected chi connectivity index (χ1v) is 11.4. The van der Waals surface area contributed by atoms with E-state index in [1.807, 2.05) is 68.4 Å². The van der Waals surface area contributed by atoms with Crippen molar-refractivity contribution in [2.75, 3.05) is 0 Å². The van der Waals surface area contributed by atoms with Crippen LogP contribution in [0.2, 0.25) is 0 Å². The molecule has 0 spiro atoms. The number of carbonyl (C=O) groups excluding carboxylic acids is 1. The summed E-state index contributed by atoms with van der Waals surface area (Å²) in [7, 11) is 0. The van der Waals surface area contributed by atoms with Crippen LogP contribution in [0.15, 0.2) is 80.7 Å². The molecule has 0 radical (unpaired) electrons. The minimum absolute atomic E-state index is 0.0389. The van der Waals surface area contributed by atoms with E-state index in [0.717, 1.165) is 33.2 Å². The Morgan fingerprint density at radius 3 is 2.51 bits per heavy atom. The Labute approximate surface area is 199 Å². The van der Waals surface area contributed by atoms with E-state index in [4.69, 9.17) is 9.15 Å². The van der Waals surface area contributed by atoms with E-state index in [-0.39, 0.29) is 12.0 Å². The number of fused-ring (bicyclic) bond motifs is 4. The van der Waals surface area contributed by atoms with Gasteiger partial charge in [0.25, 0.3) is 5.56 Å². The smallest absolute Gasteiger partial charge is 0.336 e. The van der Waals surface area contributed by atoms with Crippen LogP contribution in [0.1, 0.15) is 34.6 Å². The van der Waals surface area contributed by atoms with E-state index in [1.165, 1.54) is 6.07 Å². The zero-order chi connectivity index (χ0) is 24.3. The minimum atomic E-state index is -0.499. The third kappa shape index (κ3) is 3.46. The second kappa shape index (κ2) is 7.81. The summed E-state index contributed by atoms with van der Waals surface area (Å²) in [5.41, 5.74) is 4.85. The largest absolute Gasteiger partial charge is 0.425 e. The molecule has 3 aromatic carbocycles. The fourth-order valence-corrected chi connectivity index (χ4v) is 5.10. The zero-order valence-corrected chi connectivity index (χ0v) is 19.2. The molecule has 35 heavy (non-hydrogen) atoms. The summed E-state index contributed by atoms with van der Waals surface area (Å²) >= 11 is 0. The van der Waals surface area contributed by atoms with Gasteiger partial charge in [-0.15, -0.1) is 0 Å². The first kappa shape index (κ1) is 21.1. The SMILES string of the molecule is Cc1ccc2cc([C@@H]3CC(=O)Oc4c3c(C)cc3oc(=O)cc(-c5ccccc5)c43)c(=O)[nH]c2c1. The highest BCUT2D eigenvalue weighted by Gasteiger charge is 2.34. The highest BCUT2D eigenvalue weighted by molar-refractivity contribution is 6.01. The number of ether oxygens (including phenoxy) is 1. The molecular formula is C29H21NO5. The third-order valence-electron chi connectivity index (χ3n) is 6.66. The number of rotatable bonds is 2. The Morgan fingerprint density at radius 2 is 1.71 bits per heavy atom. The van der Waals surface area contributed by atoms with Gasteiger partial charge in [0, 0.05) is 34.2 Å². The number of pyridine rings is 1.